The number of rotatable bonds is 6. The number of carbonyl (C=O) groups is 1. The second-order valence-corrected chi connectivity index (χ2v) is 3.89. The van der Waals surface area contributed by atoms with Gasteiger partial charge in [0.05, 0.1) is 19.3 Å². The van der Waals surface area contributed by atoms with Crippen molar-refractivity contribution in [2.45, 2.75) is 13.3 Å². The standard InChI is InChI=1S/C13H19NO4/c1-9-7-10(18-6-4-5-16-2)8-11(12(9)14)13(15)17-3/h7-8H,4-6,14H2,1-3H3. The Morgan fingerprint density at radius 1 is 1.28 bits per heavy atom. The minimum atomic E-state index is -0.460. The number of hydrogen-bond donors (Lipinski definition) is 1. The number of carbonyl (C=O) groups excluding carboxylic acids is 1. The Morgan fingerprint density at radius 2 is 2.00 bits per heavy atom. The summed E-state index contributed by atoms with van der Waals surface area (Å²) in [5, 5.41) is 0. The maximum atomic E-state index is 11.5. The van der Waals surface area contributed by atoms with Crippen LogP contribution in [0.1, 0.15) is 22.3 Å². The number of nitrogens with two attached hydrogens (primary N) is 1. The van der Waals surface area contributed by atoms with Crippen molar-refractivity contribution in [2.75, 3.05) is 33.2 Å². The third-order valence-electron chi connectivity index (χ3n) is 2.53. The molecule has 18 heavy (non-hydrogen) atoms. The normalized spacial score (nSPS) is 10.2. The second-order valence-electron chi connectivity index (χ2n) is 3.89. The van der Waals surface area contributed by atoms with Gasteiger partial charge < -0.3 is 19.9 Å². The number of anilines is 1. The highest BCUT2D eigenvalue weighted by Gasteiger charge is 2.13. The van der Waals surface area contributed by atoms with E-state index in [2.05, 4.69) is 4.74 Å². The molecule has 0 fully saturated rings. The summed E-state index contributed by atoms with van der Waals surface area (Å²) < 4.78 is 15.1. The molecule has 1 rings (SSSR count). The number of esters is 1. The minimum absolute atomic E-state index is 0.333. The summed E-state index contributed by atoms with van der Waals surface area (Å²) in [7, 11) is 2.96. The Hall–Kier alpha value is -1.75. The summed E-state index contributed by atoms with van der Waals surface area (Å²) in [6.45, 7) is 2.99. The van der Waals surface area contributed by atoms with Gasteiger partial charge in [0.25, 0.3) is 0 Å². The average Bonchev–Trinajstić information content (AvgIpc) is 2.37. The molecule has 0 bridgehead atoms. The molecule has 0 atom stereocenters. The molecular formula is C13H19NO4. The summed E-state index contributed by atoms with van der Waals surface area (Å²) in [6, 6.07) is 3.40. The third-order valence-corrected chi connectivity index (χ3v) is 2.53. The fourth-order valence-corrected chi connectivity index (χ4v) is 1.52. The van der Waals surface area contributed by atoms with Gasteiger partial charge in [0, 0.05) is 25.8 Å². The van der Waals surface area contributed by atoms with E-state index < -0.39 is 5.97 Å². The van der Waals surface area contributed by atoms with Crippen molar-refractivity contribution in [1.29, 1.82) is 0 Å². The highest BCUT2D eigenvalue weighted by Crippen LogP contribution is 2.25. The second kappa shape index (κ2) is 6.86. The van der Waals surface area contributed by atoms with Crippen LogP contribution in [0.4, 0.5) is 5.69 Å². The van der Waals surface area contributed by atoms with Gasteiger partial charge in [-0.3, -0.25) is 0 Å². The van der Waals surface area contributed by atoms with Crippen LogP contribution in [-0.4, -0.2) is 33.4 Å². The van der Waals surface area contributed by atoms with Crippen molar-refractivity contribution >= 4 is 11.7 Å². The first kappa shape index (κ1) is 14.3. The zero-order valence-electron chi connectivity index (χ0n) is 11.0. The van der Waals surface area contributed by atoms with Crippen molar-refractivity contribution in [1.82, 2.24) is 0 Å². The summed E-state index contributed by atoms with van der Waals surface area (Å²) in [5.74, 6) is 0.149. The van der Waals surface area contributed by atoms with Crippen LogP contribution in [0.2, 0.25) is 0 Å². The zero-order valence-corrected chi connectivity index (χ0v) is 11.0. The molecule has 0 amide bonds. The molecule has 100 valence electrons. The van der Waals surface area contributed by atoms with Gasteiger partial charge >= 0.3 is 5.97 Å². The Bertz CT molecular complexity index is 418. The monoisotopic (exact) mass is 253 g/mol. The van der Waals surface area contributed by atoms with Gasteiger partial charge in [-0.2, -0.15) is 0 Å². The van der Waals surface area contributed by atoms with Gasteiger partial charge in [0.15, 0.2) is 0 Å². The first-order valence-corrected chi connectivity index (χ1v) is 5.70. The van der Waals surface area contributed by atoms with Gasteiger partial charge in [-0.05, 0) is 24.6 Å². The van der Waals surface area contributed by atoms with Crippen LogP contribution >= 0.6 is 0 Å². The van der Waals surface area contributed by atoms with Crippen LogP contribution in [0.5, 0.6) is 5.75 Å². The lowest BCUT2D eigenvalue weighted by atomic mass is 10.1. The van der Waals surface area contributed by atoms with E-state index in [1.165, 1.54) is 7.11 Å². The molecule has 1 aromatic carbocycles. The van der Waals surface area contributed by atoms with Crippen molar-refractivity contribution < 1.29 is 19.0 Å². The van der Waals surface area contributed by atoms with Crippen LogP contribution in [-0.2, 0) is 9.47 Å². The number of ether oxygens (including phenoxy) is 3. The maximum absolute atomic E-state index is 11.5. The molecule has 2 N–H and O–H groups in total. The average molecular weight is 253 g/mol. The van der Waals surface area contributed by atoms with Crippen LogP contribution < -0.4 is 10.5 Å². The predicted octanol–water partition coefficient (Wildman–Crippen LogP) is 1.78. The minimum Gasteiger partial charge on any atom is -0.493 e. The SMILES string of the molecule is COCCCOc1cc(C)c(N)c(C(=O)OC)c1. The van der Waals surface area contributed by atoms with Crippen molar-refractivity contribution in [3.63, 3.8) is 0 Å². The molecule has 0 heterocycles. The van der Waals surface area contributed by atoms with Gasteiger partial charge in [0.1, 0.15) is 5.75 Å². The quantitative estimate of drug-likeness (QED) is 0.475. The summed E-state index contributed by atoms with van der Waals surface area (Å²) in [5.41, 5.74) is 7.37. The Labute approximate surface area is 107 Å². The molecule has 0 aliphatic carbocycles. The molecule has 0 saturated carbocycles. The Kier molecular flexibility index (Phi) is 5.45. The fraction of sp³-hybridized carbons (Fsp3) is 0.462. The van der Waals surface area contributed by atoms with Crippen LogP contribution in [0, 0.1) is 6.92 Å². The summed E-state index contributed by atoms with van der Waals surface area (Å²) in [4.78, 5) is 11.5. The first-order valence-electron chi connectivity index (χ1n) is 5.70. The molecule has 0 aliphatic rings. The molecular weight excluding hydrogens is 234 g/mol. The topological polar surface area (TPSA) is 70.8 Å². The summed E-state index contributed by atoms with van der Waals surface area (Å²) in [6.07, 6.45) is 0.785. The molecule has 5 heteroatoms. The van der Waals surface area contributed by atoms with Gasteiger partial charge in [-0.1, -0.05) is 0 Å². The highest BCUT2D eigenvalue weighted by molar-refractivity contribution is 5.96. The third kappa shape index (κ3) is 3.63. The lowest BCUT2D eigenvalue weighted by Crippen LogP contribution is -2.08. The Balaban J connectivity index is 2.81. The number of hydrogen-bond acceptors (Lipinski definition) is 5. The predicted molar refractivity (Wildman–Crippen MR) is 68.9 cm³/mol. The van der Waals surface area contributed by atoms with E-state index >= 15 is 0 Å². The van der Waals surface area contributed by atoms with Gasteiger partial charge in [-0.25, -0.2) is 4.79 Å². The maximum Gasteiger partial charge on any atom is 0.340 e. The van der Waals surface area contributed by atoms with E-state index in [0.29, 0.717) is 30.2 Å². The summed E-state index contributed by atoms with van der Waals surface area (Å²) >= 11 is 0. The fourth-order valence-electron chi connectivity index (χ4n) is 1.52. The number of benzene rings is 1. The van der Waals surface area contributed by atoms with E-state index in [4.69, 9.17) is 15.2 Å². The van der Waals surface area contributed by atoms with Crippen LogP contribution in [0.15, 0.2) is 12.1 Å². The number of methoxy groups -OCH3 is 2. The molecule has 0 unspecified atom stereocenters. The lowest BCUT2D eigenvalue weighted by Gasteiger charge is -2.11. The molecule has 0 saturated heterocycles. The zero-order chi connectivity index (χ0) is 13.5. The van der Waals surface area contributed by atoms with Crippen molar-refractivity contribution in [2.24, 2.45) is 0 Å². The van der Waals surface area contributed by atoms with E-state index in [9.17, 15) is 4.79 Å². The molecule has 5 nitrogen and oxygen atoms in total. The van der Waals surface area contributed by atoms with Gasteiger partial charge in [-0.15, -0.1) is 0 Å². The van der Waals surface area contributed by atoms with Gasteiger partial charge in [0.2, 0.25) is 0 Å². The Morgan fingerprint density at radius 3 is 2.61 bits per heavy atom. The van der Waals surface area contributed by atoms with Crippen molar-refractivity contribution in [3.05, 3.63) is 23.3 Å². The molecule has 1 aromatic rings. The molecule has 0 spiro atoms. The number of nitrogen functional groups attached to an aromatic ring is 1. The van der Waals surface area contributed by atoms with E-state index in [-0.39, 0.29) is 0 Å². The molecule has 0 radical (unpaired) electrons. The smallest absolute Gasteiger partial charge is 0.340 e. The van der Waals surface area contributed by atoms with Crippen LogP contribution in [0.25, 0.3) is 0 Å². The van der Waals surface area contributed by atoms with Crippen molar-refractivity contribution in [3.8, 4) is 5.75 Å². The molecule has 0 aliphatic heterocycles. The van der Waals surface area contributed by atoms with E-state index in [1.807, 2.05) is 6.92 Å². The molecule has 0 aromatic heterocycles. The van der Waals surface area contributed by atoms with E-state index in [1.54, 1.807) is 19.2 Å². The number of aryl methyl sites for hydroxylation is 1. The largest absolute Gasteiger partial charge is 0.493 e. The van der Waals surface area contributed by atoms with Crippen LogP contribution in [0.3, 0.4) is 0 Å². The first-order chi connectivity index (χ1) is 8.60. The highest BCUT2D eigenvalue weighted by atomic mass is 16.5. The van der Waals surface area contributed by atoms with E-state index in [0.717, 1.165) is 12.0 Å². The lowest BCUT2D eigenvalue weighted by molar-refractivity contribution is 0.0601.